The number of rotatable bonds is 0. The van der Waals surface area contributed by atoms with Crippen molar-refractivity contribution < 1.29 is 9.31 Å². The van der Waals surface area contributed by atoms with Crippen LogP contribution in [0.1, 0.15) is 18.1 Å². The topological polar surface area (TPSA) is 12.2 Å². The summed E-state index contributed by atoms with van der Waals surface area (Å²) in [5, 5.41) is 0. The van der Waals surface area contributed by atoms with E-state index in [0.717, 1.165) is 13.2 Å². The third-order valence-electron chi connectivity index (χ3n) is 3.25. The van der Waals surface area contributed by atoms with Crippen molar-refractivity contribution >= 4 is 12.4 Å². The normalized spacial score (nSPS) is 29.9. The van der Waals surface area contributed by atoms with E-state index in [0.29, 0.717) is 12.0 Å². The molecule has 0 bridgehead atoms. The van der Waals surface area contributed by atoms with Crippen LogP contribution in [-0.2, 0) is 4.74 Å². The summed E-state index contributed by atoms with van der Waals surface area (Å²) in [5.74, 6) is 0.641. The highest BCUT2D eigenvalue weighted by Crippen LogP contribution is 2.42. The fourth-order valence-electron chi connectivity index (χ4n) is 2.56. The Balaban J connectivity index is 2.13. The van der Waals surface area contributed by atoms with Gasteiger partial charge in [-0.25, -0.2) is 4.58 Å². The first-order chi connectivity index (χ1) is 6.86. The second-order valence-corrected chi connectivity index (χ2v) is 4.12. The molecule has 1 fully saturated rings. The molecule has 14 heavy (non-hydrogen) atoms. The molecule has 0 N–H and O–H groups in total. The van der Waals surface area contributed by atoms with Gasteiger partial charge in [0.2, 0.25) is 5.69 Å². The van der Waals surface area contributed by atoms with Crippen molar-refractivity contribution in [2.24, 2.45) is 5.92 Å². The van der Waals surface area contributed by atoms with Gasteiger partial charge in [0, 0.05) is 12.7 Å². The van der Waals surface area contributed by atoms with Crippen LogP contribution < -0.4 is 0 Å². The molecule has 0 spiro atoms. The van der Waals surface area contributed by atoms with E-state index in [2.05, 4.69) is 35.6 Å². The zero-order valence-corrected chi connectivity index (χ0v) is 8.15. The molecule has 2 aliphatic rings. The predicted octanol–water partition coefficient (Wildman–Crippen LogP) is 2.12. The quantitative estimate of drug-likeness (QED) is 0.568. The van der Waals surface area contributed by atoms with Crippen molar-refractivity contribution in [3.05, 3.63) is 29.8 Å². The summed E-state index contributed by atoms with van der Waals surface area (Å²) in [7, 11) is 0. The highest BCUT2D eigenvalue weighted by Gasteiger charge is 2.40. The van der Waals surface area contributed by atoms with E-state index in [1.165, 1.54) is 17.7 Å². The van der Waals surface area contributed by atoms with Gasteiger partial charge >= 0.3 is 0 Å². The lowest BCUT2D eigenvalue weighted by Gasteiger charge is -2.23. The largest absolute Gasteiger partial charge is 0.373 e. The average molecular weight is 188 g/mol. The summed E-state index contributed by atoms with van der Waals surface area (Å²) in [5.41, 5.74) is 2.55. The number of para-hydroxylation sites is 1. The van der Waals surface area contributed by atoms with E-state index in [9.17, 15) is 0 Å². The van der Waals surface area contributed by atoms with Crippen LogP contribution in [0.4, 0.5) is 5.69 Å². The molecule has 2 unspecified atom stereocenters. The lowest BCUT2D eigenvalue weighted by Crippen LogP contribution is -2.25. The molecule has 0 aliphatic carbocycles. The van der Waals surface area contributed by atoms with Crippen molar-refractivity contribution in [1.82, 2.24) is 0 Å². The van der Waals surface area contributed by atoms with Gasteiger partial charge in [0.15, 0.2) is 6.54 Å². The fraction of sp³-hybridized carbons (Fsp3) is 0.417. The van der Waals surface area contributed by atoms with Crippen molar-refractivity contribution in [2.75, 3.05) is 13.2 Å². The molecule has 0 radical (unpaired) electrons. The van der Waals surface area contributed by atoms with Crippen LogP contribution in [0, 0.1) is 5.92 Å². The maximum atomic E-state index is 5.78. The van der Waals surface area contributed by atoms with Crippen LogP contribution in [0.3, 0.4) is 0 Å². The molecule has 1 aromatic rings. The molecular weight excluding hydrogens is 174 g/mol. The third kappa shape index (κ3) is 1.04. The fourth-order valence-corrected chi connectivity index (χ4v) is 2.56. The number of nitrogens with zero attached hydrogens (tertiary/aromatic N) is 1. The van der Waals surface area contributed by atoms with Gasteiger partial charge in [0.1, 0.15) is 6.72 Å². The van der Waals surface area contributed by atoms with Gasteiger partial charge in [-0.15, -0.1) is 0 Å². The summed E-state index contributed by atoms with van der Waals surface area (Å²) >= 11 is 0. The second-order valence-electron chi connectivity index (χ2n) is 4.12. The maximum Gasteiger partial charge on any atom is 0.210 e. The molecule has 2 heterocycles. The summed E-state index contributed by atoms with van der Waals surface area (Å²) < 4.78 is 7.88. The molecule has 1 aromatic carbocycles. The lowest BCUT2D eigenvalue weighted by atomic mass is 9.90. The number of fused-ring (bicyclic) bond motifs is 3. The van der Waals surface area contributed by atoms with E-state index < -0.39 is 0 Å². The lowest BCUT2D eigenvalue weighted by molar-refractivity contribution is -0.449. The summed E-state index contributed by atoms with van der Waals surface area (Å²) in [6.07, 6.45) is 1.49. The molecule has 2 nitrogen and oxygen atoms in total. The minimum absolute atomic E-state index is 0.323. The molecule has 1 saturated heterocycles. The van der Waals surface area contributed by atoms with Crippen molar-refractivity contribution in [1.29, 1.82) is 0 Å². The first kappa shape index (κ1) is 8.18. The van der Waals surface area contributed by atoms with Crippen molar-refractivity contribution in [3.8, 4) is 0 Å². The van der Waals surface area contributed by atoms with Crippen LogP contribution in [0.2, 0.25) is 0 Å². The Hall–Kier alpha value is -1.15. The van der Waals surface area contributed by atoms with Crippen LogP contribution in [0.5, 0.6) is 0 Å². The zero-order chi connectivity index (χ0) is 9.54. The van der Waals surface area contributed by atoms with E-state index in [-0.39, 0.29) is 0 Å². The van der Waals surface area contributed by atoms with Gasteiger partial charge in [-0.2, -0.15) is 0 Å². The molecule has 3 rings (SSSR count). The molecule has 2 aliphatic heterocycles. The van der Waals surface area contributed by atoms with Gasteiger partial charge in [-0.1, -0.05) is 12.1 Å². The van der Waals surface area contributed by atoms with Gasteiger partial charge in [0.05, 0.1) is 17.6 Å². The molecule has 0 aromatic heterocycles. The van der Waals surface area contributed by atoms with Crippen molar-refractivity contribution in [3.63, 3.8) is 0 Å². The first-order valence-corrected chi connectivity index (χ1v) is 5.15. The zero-order valence-electron chi connectivity index (χ0n) is 8.15. The molecule has 72 valence electrons. The Bertz CT molecular complexity index is 386. The first-order valence-electron chi connectivity index (χ1n) is 5.15. The Morgan fingerprint density at radius 3 is 3.14 bits per heavy atom. The molecule has 2 heteroatoms. The molecule has 0 saturated carbocycles. The number of hydrogen-bond acceptors (Lipinski definition) is 1. The molecule has 2 atom stereocenters. The Labute approximate surface area is 83.8 Å². The van der Waals surface area contributed by atoms with E-state index >= 15 is 0 Å². The Morgan fingerprint density at radius 1 is 1.36 bits per heavy atom. The Morgan fingerprint density at radius 2 is 2.21 bits per heavy atom. The minimum Gasteiger partial charge on any atom is -0.373 e. The minimum atomic E-state index is 0.323. The Kier molecular flexibility index (Phi) is 1.71. The summed E-state index contributed by atoms with van der Waals surface area (Å²) in [6.45, 7) is 6.01. The maximum absolute atomic E-state index is 5.78. The monoisotopic (exact) mass is 188 g/mol. The molecular formula is C12H14NO+. The van der Waals surface area contributed by atoms with Crippen LogP contribution in [0.15, 0.2) is 24.3 Å². The predicted molar refractivity (Wildman–Crippen MR) is 55.2 cm³/mol. The summed E-state index contributed by atoms with van der Waals surface area (Å²) in [4.78, 5) is 0. The standard InChI is InChI=1S/C12H14NO/c1-13-8-9-6-7-14-12(9)10-4-2-3-5-11(10)13/h2-5,9,12H,1,6-8H2/q+1. The van der Waals surface area contributed by atoms with Gasteiger partial charge in [-0.3, -0.25) is 0 Å². The smallest absolute Gasteiger partial charge is 0.210 e. The van der Waals surface area contributed by atoms with Gasteiger partial charge < -0.3 is 4.74 Å². The summed E-state index contributed by atoms with van der Waals surface area (Å²) in [6, 6.07) is 8.43. The number of ether oxygens (including phenoxy) is 1. The van der Waals surface area contributed by atoms with E-state index in [4.69, 9.17) is 4.74 Å². The van der Waals surface area contributed by atoms with E-state index in [1.807, 2.05) is 0 Å². The highest BCUT2D eigenvalue weighted by molar-refractivity contribution is 5.45. The van der Waals surface area contributed by atoms with Crippen LogP contribution in [0.25, 0.3) is 0 Å². The van der Waals surface area contributed by atoms with E-state index in [1.54, 1.807) is 0 Å². The number of hydrogen-bond donors (Lipinski definition) is 0. The SMILES string of the molecule is C=[N+]1CC2CCOC2c2ccccc21. The third-order valence-corrected chi connectivity index (χ3v) is 3.25. The number of benzene rings is 1. The van der Waals surface area contributed by atoms with Crippen LogP contribution in [-0.4, -0.2) is 24.4 Å². The highest BCUT2D eigenvalue weighted by atomic mass is 16.5. The van der Waals surface area contributed by atoms with Gasteiger partial charge in [-0.05, 0) is 12.5 Å². The molecule has 0 amide bonds. The second kappa shape index (κ2) is 2.92. The van der Waals surface area contributed by atoms with Crippen LogP contribution >= 0.6 is 0 Å². The van der Waals surface area contributed by atoms with Crippen molar-refractivity contribution in [2.45, 2.75) is 12.5 Å². The van der Waals surface area contributed by atoms with Gasteiger partial charge in [0.25, 0.3) is 0 Å². The average Bonchev–Trinajstić information content (AvgIpc) is 2.66.